The van der Waals surface area contributed by atoms with E-state index in [4.69, 9.17) is 10.3 Å². The Kier molecular flexibility index (Phi) is 3.98. The molecule has 50 valence electrons. The Labute approximate surface area is 51.1 Å². The lowest BCUT2D eigenvalue weighted by molar-refractivity contribution is 0.454. The third-order valence-corrected chi connectivity index (χ3v) is 1.43. The van der Waals surface area contributed by atoms with Gasteiger partial charge in [-0.25, -0.2) is 8.51 Å². The summed E-state index contributed by atoms with van der Waals surface area (Å²) in [4.78, 5) is 0. The fourth-order valence-corrected chi connectivity index (χ4v) is 0.521. The molecule has 0 aliphatic rings. The molecule has 0 aliphatic heterocycles. The Morgan fingerprint density at radius 1 is 1.88 bits per heavy atom. The highest BCUT2D eigenvalue weighted by Crippen LogP contribution is 1.81. The van der Waals surface area contributed by atoms with Crippen LogP contribution in [-0.4, -0.2) is 33.2 Å². The largest absolute Gasteiger partial charge is 0.329 e. The van der Waals surface area contributed by atoms with Crippen molar-refractivity contribution < 1.29 is 8.76 Å². The lowest BCUT2D eigenvalue weighted by atomic mass is 10.7. The molecule has 0 amide bonds. The van der Waals surface area contributed by atoms with Gasteiger partial charge in [0.15, 0.2) is 0 Å². The van der Waals surface area contributed by atoms with E-state index in [1.54, 1.807) is 0 Å². The van der Waals surface area contributed by atoms with Crippen molar-refractivity contribution in [3.05, 3.63) is 0 Å². The molecule has 0 fully saturated rings. The summed E-state index contributed by atoms with van der Waals surface area (Å²) < 4.78 is 19.6. The lowest BCUT2D eigenvalue weighted by Crippen LogP contribution is -2.26. The number of nitrogens with zero attached hydrogens (tertiary/aromatic N) is 1. The molecule has 3 N–H and O–H groups in total. The van der Waals surface area contributed by atoms with Crippen LogP contribution in [0.2, 0.25) is 0 Å². The topological polar surface area (TPSA) is 66.6 Å². The van der Waals surface area contributed by atoms with Gasteiger partial charge in [0.25, 0.3) is 0 Å². The normalized spacial score (nSPS) is 14.5. The van der Waals surface area contributed by atoms with E-state index in [1.165, 1.54) is 11.4 Å². The van der Waals surface area contributed by atoms with E-state index in [9.17, 15) is 4.21 Å². The maximum absolute atomic E-state index is 10.1. The summed E-state index contributed by atoms with van der Waals surface area (Å²) in [5, 5.41) is 0. The summed E-state index contributed by atoms with van der Waals surface area (Å²) in [6.45, 7) is 0.853. The molecule has 4 nitrogen and oxygen atoms in total. The van der Waals surface area contributed by atoms with Crippen molar-refractivity contribution in [2.45, 2.75) is 0 Å². The lowest BCUT2D eigenvalue weighted by Gasteiger charge is -2.07. The first kappa shape index (κ1) is 8.03. The van der Waals surface area contributed by atoms with E-state index in [2.05, 4.69) is 0 Å². The van der Waals surface area contributed by atoms with Crippen molar-refractivity contribution >= 4 is 11.3 Å². The Morgan fingerprint density at radius 2 is 2.38 bits per heavy atom. The SMILES string of the molecule is CN(CCN)S(=O)O. The van der Waals surface area contributed by atoms with E-state index in [0.29, 0.717) is 13.1 Å². The first-order chi connectivity index (χ1) is 3.68. The molecule has 5 heteroatoms. The van der Waals surface area contributed by atoms with Crippen LogP contribution in [0.4, 0.5) is 0 Å². The summed E-state index contributed by atoms with van der Waals surface area (Å²) in [6, 6.07) is 0. The third-order valence-electron chi connectivity index (χ3n) is 0.711. The van der Waals surface area contributed by atoms with Crippen molar-refractivity contribution in [1.29, 1.82) is 0 Å². The maximum Gasteiger partial charge on any atom is 0.234 e. The molecule has 1 unspecified atom stereocenters. The zero-order chi connectivity index (χ0) is 6.57. The quantitative estimate of drug-likeness (QED) is 0.492. The second-order valence-corrected chi connectivity index (χ2v) is 2.46. The van der Waals surface area contributed by atoms with Gasteiger partial charge in [-0.3, -0.25) is 4.55 Å². The molecule has 8 heavy (non-hydrogen) atoms. The molecule has 0 aromatic carbocycles. The standard InChI is InChI=1S/C3H10N2O2S/c1-5(3-2-4)8(6)7/h2-4H2,1H3,(H,6,7). The summed E-state index contributed by atoms with van der Waals surface area (Å²) in [6.07, 6.45) is 0. The van der Waals surface area contributed by atoms with Crippen LogP contribution < -0.4 is 5.73 Å². The molecule has 0 aliphatic carbocycles. The monoisotopic (exact) mass is 138 g/mol. The molecule has 0 saturated heterocycles. The van der Waals surface area contributed by atoms with Gasteiger partial charge in [-0.15, -0.1) is 0 Å². The average Bonchev–Trinajstić information content (AvgIpc) is 1.67. The van der Waals surface area contributed by atoms with E-state index >= 15 is 0 Å². The minimum Gasteiger partial charge on any atom is -0.329 e. The van der Waals surface area contributed by atoms with Crippen LogP contribution in [0.25, 0.3) is 0 Å². The predicted molar refractivity (Wildman–Crippen MR) is 32.5 cm³/mol. The van der Waals surface area contributed by atoms with Crippen LogP contribution >= 0.6 is 0 Å². The van der Waals surface area contributed by atoms with Gasteiger partial charge >= 0.3 is 0 Å². The molecular formula is C3H10N2O2S. The Bertz CT molecular complexity index is 87.4. The van der Waals surface area contributed by atoms with Gasteiger partial charge in [-0.05, 0) is 0 Å². The first-order valence-electron chi connectivity index (χ1n) is 2.20. The number of nitrogens with two attached hydrogens (primary N) is 1. The second-order valence-electron chi connectivity index (χ2n) is 1.37. The van der Waals surface area contributed by atoms with Gasteiger partial charge in [-0.2, -0.15) is 0 Å². The molecule has 0 spiro atoms. The predicted octanol–water partition coefficient (Wildman–Crippen LogP) is -0.986. The van der Waals surface area contributed by atoms with E-state index < -0.39 is 11.3 Å². The molecule has 0 saturated carbocycles. The Balaban J connectivity index is 3.32. The van der Waals surface area contributed by atoms with Gasteiger partial charge in [-0.1, -0.05) is 0 Å². The van der Waals surface area contributed by atoms with Crippen molar-refractivity contribution in [2.24, 2.45) is 5.73 Å². The number of rotatable bonds is 3. The van der Waals surface area contributed by atoms with Crippen molar-refractivity contribution in [3.8, 4) is 0 Å². The van der Waals surface area contributed by atoms with E-state index in [0.717, 1.165) is 0 Å². The van der Waals surface area contributed by atoms with Crippen molar-refractivity contribution in [3.63, 3.8) is 0 Å². The van der Waals surface area contributed by atoms with Crippen LogP contribution in [0.3, 0.4) is 0 Å². The highest BCUT2D eigenvalue weighted by molar-refractivity contribution is 7.76. The summed E-state index contributed by atoms with van der Waals surface area (Å²) in [7, 11) is 1.53. The van der Waals surface area contributed by atoms with Gasteiger partial charge in [0.05, 0.1) is 0 Å². The molecular weight excluding hydrogens is 128 g/mol. The van der Waals surface area contributed by atoms with E-state index in [-0.39, 0.29) is 0 Å². The molecule has 0 radical (unpaired) electrons. The van der Waals surface area contributed by atoms with Crippen LogP contribution in [0.15, 0.2) is 0 Å². The van der Waals surface area contributed by atoms with Crippen LogP contribution in [-0.2, 0) is 11.3 Å². The zero-order valence-corrected chi connectivity index (χ0v) is 5.52. The second kappa shape index (κ2) is 3.96. The average molecular weight is 138 g/mol. The third kappa shape index (κ3) is 3.09. The van der Waals surface area contributed by atoms with Crippen LogP contribution in [0.5, 0.6) is 0 Å². The first-order valence-corrected chi connectivity index (χ1v) is 3.27. The number of likely N-dealkylation sites (N-methyl/N-ethyl adjacent to an activating group) is 1. The van der Waals surface area contributed by atoms with Crippen LogP contribution in [0, 0.1) is 0 Å². The fraction of sp³-hybridized carbons (Fsp3) is 1.00. The molecule has 0 rings (SSSR count). The van der Waals surface area contributed by atoms with Gasteiger partial charge < -0.3 is 5.73 Å². The Hall–Kier alpha value is 0.0300. The maximum atomic E-state index is 10.1. The highest BCUT2D eigenvalue weighted by Gasteiger charge is 1.99. The molecule has 1 atom stereocenters. The van der Waals surface area contributed by atoms with Gasteiger partial charge in [0.2, 0.25) is 11.3 Å². The minimum atomic E-state index is -1.86. The molecule has 0 heterocycles. The van der Waals surface area contributed by atoms with Crippen LogP contribution in [0.1, 0.15) is 0 Å². The number of hydrogen-bond donors (Lipinski definition) is 2. The number of hydrogen-bond acceptors (Lipinski definition) is 2. The molecule has 0 bridgehead atoms. The molecule has 0 aromatic heterocycles. The van der Waals surface area contributed by atoms with Gasteiger partial charge in [0, 0.05) is 20.1 Å². The molecule has 0 aromatic rings. The smallest absolute Gasteiger partial charge is 0.234 e. The highest BCUT2D eigenvalue weighted by atomic mass is 32.2. The van der Waals surface area contributed by atoms with E-state index in [1.807, 2.05) is 0 Å². The fourth-order valence-electron chi connectivity index (χ4n) is 0.260. The Morgan fingerprint density at radius 3 is 2.50 bits per heavy atom. The summed E-state index contributed by atoms with van der Waals surface area (Å²) >= 11 is -1.86. The summed E-state index contributed by atoms with van der Waals surface area (Å²) in [5.41, 5.74) is 5.08. The zero-order valence-electron chi connectivity index (χ0n) is 4.70. The van der Waals surface area contributed by atoms with Crippen molar-refractivity contribution in [1.82, 2.24) is 4.31 Å². The van der Waals surface area contributed by atoms with Crippen molar-refractivity contribution in [2.75, 3.05) is 20.1 Å². The van der Waals surface area contributed by atoms with Gasteiger partial charge in [0.1, 0.15) is 0 Å². The summed E-state index contributed by atoms with van der Waals surface area (Å²) in [5.74, 6) is 0. The minimum absolute atomic E-state index is 0.406.